The van der Waals surface area contributed by atoms with Crippen LogP contribution >= 0.6 is 0 Å². The van der Waals surface area contributed by atoms with E-state index in [1.54, 1.807) is 24.1 Å². The second-order valence-corrected chi connectivity index (χ2v) is 7.94. The number of benzene rings is 1. The molecule has 3 heterocycles. The van der Waals surface area contributed by atoms with Crippen molar-refractivity contribution in [3.63, 3.8) is 0 Å². The predicted octanol–water partition coefficient (Wildman–Crippen LogP) is 3.69. The molecule has 9 heteroatoms. The fourth-order valence-electron chi connectivity index (χ4n) is 4.34. The van der Waals surface area contributed by atoms with Gasteiger partial charge in [-0.05, 0) is 36.5 Å². The first-order chi connectivity index (χ1) is 15.7. The van der Waals surface area contributed by atoms with Crippen LogP contribution in [0.1, 0.15) is 43.0 Å². The molecule has 1 aliphatic carbocycles. The molecule has 0 spiro atoms. The lowest BCUT2D eigenvalue weighted by Crippen LogP contribution is -2.29. The Morgan fingerprint density at radius 2 is 2.16 bits per heavy atom. The number of carbonyl (C=O) groups is 1. The van der Waals surface area contributed by atoms with E-state index in [1.807, 2.05) is 19.2 Å². The van der Waals surface area contributed by atoms with Crippen molar-refractivity contribution >= 4 is 34.4 Å². The highest BCUT2D eigenvalue weighted by Gasteiger charge is 2.23. The number of carbonyl (C=O) groups excluding carboxylic acids is 1. The molecule has 0 saturated carbocycles. The highest BCUT2D eigenvalue weighted by Crippen LogP contribution is 2.35. The van der Waals surface area contributed by atoms with Crippen LogP contribution < -0.4 is 16.0 Å². The van der Waals surface area contributed by atoms with Gasteiger partial charge in [-0.1, -0.05) is 31.2 Å². The topological polar surface area (TPSA) is 113 Å². The molecule has 1 amide bonds. The summed E-state index contributed by atoms with van der Waals surface area (Å²) in [7, 11) is 1.63. The summed E-state index contributed by atoms with van der Waals surface area (Å²) in [5.41, 5.74) is 4.18. The second kappa shape index (κ2) is 8.33. The number of likely N-dealkylation sites (N-methyl/N-ethyl adjacent to an activating group) is 1. The highest BCUT2D eigenvalue weighted by molar-refractivity contribution is 5.88. The van der Waals surface area contributed by atoms with Crippen molar-refractivity contribution in [3.05, 3.63) is 60.0 Å². The molecule has 1 aromatic carbocycles. The summed E-state index contributed by atoms with van der Waals surface area (Å²) in [6, 6.07) is 10.4. The molecule has 0 radical (unpaired) electrons. The maximum atomic E-state index is 12.1. The Hall–Kier alpha value is -3.88. The van der Waals surface area contributed by atoms with Crippen LogP contribution in [-0.4, -0.2) is 37.7 Å². The van der Waals surface area contributed by atoms with Crippen molar-refractivity contribution in [2.24, 2.45) is 0 Å². The lowest BCUT2D eigenvalue weighted by molar-refractivity contribution is -0.124. The van der Waals surface area contributed by atoms with Crippen LogP contribution in [-0.2, 0) is 11.2 Å². The third kappa shape index (κ3) is 3.66. The van der Waals surface area contributed by atoms with Crippen molar-refractivity contribution in [1.29, 1.82) is 0 Å². The van der Waals surface area contributed by atoms with Gasteiger partial charge in [-0.15, -0.1) is 0 Å². The van der Waals surface area contributed by atoms with E-state index in [2.05, 4.69) is 55.3 Å². The largest absolute Gasteiger partial charge is 0.363 e. The zero-order valence-corrected chi connectivity index (χ0v) is 18.1. The quantitative estimate of drug-likeness (QED) is 0.356. The molecule has 164 valence electrons. The minimum absolute atomic E-state index is 0.0745. The number of rotatable bonds is 7. The third-order valence-corrected chi connectivity index (χ3v) is 5.97. The highest BCUT2D eigenvalue weighted by atomic mass is 16.2. The van der Waals surface area contributed by atoms with Gasteiger partial charge in [0.1, 0.15) is 17.5 Å². The average Bonchev–Trinajstić information content (AvgIpc) is 3.55. The van der Waals surface area contributed by atoms with Gasteiger partial charge in [-0.2, -0.15) is 15.1 Å². The SMILES string of the molecule is CCC(C(=O)NC)n1cc(Nc2nc(N[C@H]3CCc4ccccc43)c3cc[nH]c3n2)cn1. The number of nitrogens with one attached hydrogen (secondary N) is 4. The molecule has 0 aliphatic heterocycles. The predicted molar refractivity (Wildman–Crippen MR) is 124 cm³/mol. The minimum Gasteiger partial charge on any atom is -0.363 e. The van der Waals surface area contributed by atoms with Crippen LogP contribution in [0.15, 0.2) is 48.9 Å². The van der Waals surface area contributed by atoms with E-state index in [9.17, 15) is 4.79 Å². The van der Waals surface area contributed by atoms with E-state index in [4.69, 9.17) is 4.98 Å². The van der Waals surface area contributed by atoms with Gasteiger partial charge >= 0.3 is 0 Å². The minimum atomic E-state index is -0.359. The lowest BCUT2D eigenvalue weighted by Gasteiger charge is -2.16. The van der Waals surface area contributed by atoms with Crippen LogP contribution in [0.4, 0.5) is 17.5 Å². The normalized spacial score (nSPS) is 16.0. The second-order valence-electron chi connectivity index (χ2n) is 7.94. The third-order valence-electron chi connectivity index (χ3n) is 5.97. The van der Waals surface area contributed by atoms with Gasteiger partial charge in [0.2, 0.25) is 11.9 Å². The molecule has 0 fully saturated rings. The van der Waals surface area contributed by atoms with E-state index >= 15 is 0 Å². The van der Waals surface area contributed by atoms with Crippen molar-refractivity contribution in [2.75, 3.05) is 17.7 Å². The van der Waals surface area contributed by atoms with Crippen molar-refractivity contribution in [3.8, 4) is 0 Å². The van der Waals surface area contributed by atoms with Crippen molar-refractivity contribution < 1.29 is 4.79 Å². The number of hydrogen-bond donors (Lipinski definition) is 4. The number of amides is 1. The maximum absolute atomic E-state index is 12.1. The molecule has 4 N–H and O–H groups in total. The summed E-state index contributed by atoms with van der Waals surface area (Å²) in [5.74, 6) is 1.17. The standard InChI is InChI=1S/C23H26N8O/c1-3-19(22(32)24-2)31-13-15(12-26-31)27-23-29-20-17(10-11-25-20)21(30-23)28-18-9-8-14-6-4-5-7-16(14)18/h4-7,10-13,18-19H,3,8-9H2,1-2H3,(H,24,32)(H3,25,27,28,29,30)/t18-,19?/m0/s1. The fourth-order valence-corrected chi connectivity index (χ4v) is 4.34. The van der Waals surface area contributed by atoms with Gasteiger partial charge in [0.15, 0.2) is 0 Å². The molecule has 5 rings (SSSR count). The van der Waals surface area contributed by atoms with Crippen molar-refractivity contribution in [2.45, 2.75) is 38.3 Å². The fraction of sp³-hybridized carbons (Fsp3) is 0.304. The summed E-state index contributed by atoms with van der Waals surface area (Å²) >= 11 is 0. The molecule has 3 aromatic heterocycles. The molecular weight excluding hydrogens is 404 g/mol. The van der Waals surface area contributed by atoms with Crippen LogP contribution in [0, 0.1) is 0 Å². The van der Waals surface area contributed by atoms with Gasteiger partial charge in [-0.3, -0.25) is 9.48 Å². The number of anilines is 3. The van der Waals surface area contributed by atoms with Crippen LogP contribution in [0.3, 0.4) is 0 Å². The monoisotopic (exact) mass is 430 g/mol. The number of fused-ring (bicyclic) bond motifs is 2. The summed E-state index contributed by atoms with van der Waals surface area (Å²) in [4.78, 5) is 24.6. The van der Waals surface area contributed by atoms with Gasteiger partial charge in [0, 0.05) is 19.4 Å². The van der Waals surface area contributed by atoms with Gasteiger partial charge in [-0.25, -0.2) is 0 Å². The van der Waals surface area contributed by atoms with Crippen molar-refractivity contribution in [1.82, 2.24) is 30.0 Å². The summed E-state index contributed by atoms with van der Waals surface area (Å²) < 4.78 is 1.66. The summed E-state index contributed by atoms with van der Waals surface area (Å²) in [5, 5.41) is 14.8. The lowest BCUT2D eigenvalue weighted by atomic mass is 10.1. The first-order valence-corrected chi connectivity index (χ1v) is 10.9. The Morgan fingerprint density at radius 3 is 3.00 bits per heavy atom. The first kappa shape index (κ1) is 20.0. The van der Waals surface area contributed by atoms with E-state index < -0.39 is 0 Å². The molecule has 32 heavy (non-hydrogen) atoms. The van der Waals surface area contributed by atoms with Crippen LogP contribution in [0.2, 0.25) is 0 Å². The van der Waals surface area contributed by atoms with E-state index in [0.29, 0.717) is 12.4 Å². The average molecular weight is 431 g/mol. The number of aromatic amines is 1. The molecule has 0 saturated heterocycles. The molecule has 1 unspecified atom stereocenters. The maximum Gasteiger partial charge on any atom is 0.244 e. The molecular formula is C23H26N8O. The van der Waals surface area contributed by atoms with Gasteiger partial charge in [0.05, 0.1) is 23.3 Å². The van der Waals surface area contributed by atoms with E-state index in [1.165, 1.54) is 11.1 Å². The Balaban J connectivity index is 1.41. The molecule has 0 bridgehead atoms. The molecule has 9 nitrogen and oxygen atoms in total. The Labute approximate surface area is 185 Å². The van der Waals surface area contributed by atoms with E-state index in [0.717, 1.165) is 35.4 Å². The number of nitrogens with zero attached hydrogens (tertiary/aromatic N) is 4. The zero-order chi connectivity index (χ0) is 22.1. The van der Waals surface area contributed by atoms with E-state index in [-0.39, 0.29) is 18.0 Å². The number of H-pyrrole nitrogens is 1. The number of hydrogen-bond acceptors (Lipinski definition) is 6. The van der Waals surface area contributed by atoms with Gasteiger partial charge < -0.3 is 20.9 Å². The Morgan fingerprint density at radius 1 is 1.28 bits per heavy atom. The zero-order valence-electron chi connectivity index (χ0n) is 18.1. The number of aryl methyl sites for hydroxylation is 1. The molecule has 4 aromatic rings. The first-order valence-electron chi connectivity index (χ1n) is 10.9. The van der Waals surface area contributed by atoms with Crippen LogP contribution in [0.25, 0.3) is 11.0 Å². The van der Waals surface area contributed by atoms with Crippen LogP contribution in [0.5, 0.6) is 0 Å². The smallest absolute Gasteiger partial charge is 0.244 e. The summed E-state index contributed by atoms with van der Waals surface area (Å²) in [6.45, 7) is 1.95. The molecule has 1 aliphatic rings. The Kier molecular flexibility index (Phi) is 5.22. The summed E-state index contributed by atoms with van der Waals surface area (Å²) in [6.07, 6.45) is 8.07. The molecule has 2 atom stereocenters. The van der Waals surface area contributed by atoms with Gasteiger partial charge in [0.25, 0.3) is 0 Å². The Bertz CT molecular complexity index is 1260. The number of aromatic nitrogens is 5.